The zero-order chi connectivity index (χ0) is 26.1. The first kappa shape index (κ1) is 27.3. The molecule has 1 aromatic heterocycles. The van der Waals surface area contributed by atoms with Crippen LogP contribution in [-0.2, 0) is 13.0 Å². The Hall–Kier alpha value is -3.30. The highest BCUT2D eigenvalue weighted by Gasteiger charge is 2.14. The summed E-state index contributed by atoms with van der Waals surface area (Å²) in [6, 6.07) is 13.4. The molecule has 2 N–H and O–H groups in total. The average Bonchev–Trinajstić information content (AvgIpc) is 2.87. The van der Waals surface area contributed by atoms with Crippen LogP contribution in [0.25, 0.3) is 10.9 Å². The monoisotopic (exact) mass is 512 g/mol. The van der Waals surface area contributed by atoms with Gasteiger partial charge in [0.05, 0.1) is 27.9 Å². The van der Waals surface area contributed by atoms with Crippen molar-refractivity contribution in [3.05, 3.63) is 63.9 Å². The predicted octanol–water partition coefficient (Wildman–Crippen LogP) is 3.42. The van der Waals surface area contributed by atoms with E-state index in [4.69, 9.17) is 26.4 Å². The van der Waals surface area contributed by atoms with Gasteiger partial charge < -0.3 is 34.3 Å². The maximum absolute atomic E-state index is 12.8. The first-order valence-electron chi connectivity index (χ1n) is 11.9. The van der Waals surface area contributed by atoms with Crippen LogP contribution in [-0.4, -0.2) is 75.0 Å². The predicted molar refractivity (Wildman–Crippen MR) is 149 cm³/mol. The number of rotatable bonds is 12. The maximum atomic E-state index is 12.8. The summed E-state index contributed by atoms with van der Waals surface area (Å²) in [7, 11) is 8.98. The van der Waals surface area contributed by atoms with Gasteiger partial charge in [-0.1, -0.05) is 6.07 Å². The molecule has 3 aromatic rings. The number of pyridine rings is 1. The molecule has 0 saturated heterocycles. The Morgan fingerprint density at radius 3 is 2.44 bits per heavy atom. The third-order valence-electron chi connectivity index (χ3n) is 5.95. The van der Waals surface area contributed by atoms with E-state index in [1.165, 1.54) is 0 Å². The molecule has 1 heterocycles. The van der Waals surface area contributed by atoms with E-state index in [-0.39, 0.29) is 5.56 Å². The zero-order valence-corrected chi connectivity index (χ0v) is 22.5. The van der Waals surface area contributed by atoms with Crippen molar-refractivity contribution < 1.29 is 14.2 Å². The Bertz CT molecular complexity index is 1230. The van der Waals surface area contributed by atoms with Crippen molar-refractivity contribution >= 4 is 28.2 Å². The number of aromatic nitrogens is 1. The number of fused-ring (bicyclic) bond motifs is 1. The lowest BCUT2D eigenvalue weighted by Crippen LogP contribution is -2.42. The van der Waals surface area contributed by atoms with Crippen LogP contribution in [0.2, 0.25) is 0 Å². The van der Waals surface area contributed by atoms with E-state index in [9.17, 15) is 4.79 Å². The summed E-state index contributed by atoms with van der Waals surface area (Å²) in [5.74, 6) is 2.15. The molecule has 0 radical (unpaired) electrons. The third-order valence-corrected chi connectivity index (χ3v) is 6.35. The molecule has 0 unspecified atom stereocenters. The van der Waals surface area contributed by atoms with Gasteiger partial charge in [-0.05, 0) is 87.7 Å². The minimum atomic E-state index is -0.113. The van der Waals surface area contributed by atoms with E-state index in [1.54, 1.807) is 21.3 Å². The van der Waals surface area contributed by atoms with Gasteiger partial charge in [-0.25, -0.2) is 0 Å². The fraction of sp³-hybridized carbons (Fsp3) is 0.407. The lowest BCUT2D eigenvalue weighted by molar-refractivity contribution is 0.340. The standard InChI is InChI=1S/C27H36N4O4S/c1-30(2)13-6-14-31(18-21-16-20-17-22(33-3)8-9-23(20)29-26(21)32)27(36)28-12-11-19-7-10-24(34-4)25(15-19)35-5/h7-10,15-17H,6,11-14,18H2,1-5H3,(H,28,36)(H,29,32). The van der Waals surface area contributed by atoms with Crippen LogP contribution < -0.4 is 25.1 Å². The minimum Gasteiger partial charge on any atom is -0.497 e. The van der Waals surface area contributed by atoms with E-state index < -0.39 is 0 Å². The second-order valence-electron chi connectivity index (χ2n) is 8.83. The van der Waals surface area contributed by atoms with Crippen LogP contribution in [0, 0.1) is 0 Å². The van der Waals surface area contributed by atoms with Crippen molar-refractivity contribution in [2.24, 2.45) is 0 Å². The van der Waals surface area contributed by atoms with E-state index in [0.29, 0.717) is 35.3 Å². The van der Waals surface area contributed by atoms with Crippen LogP contribution in [0.3, 0.4) is 0 Å². The van der Waals surface area contributed by atoms with Gasteiger partial charge in [0.2, 0.25) is 0 Å². The summed E-state index contributed by atoms with van der Waals surface area (Å²) in [5, 5.41) is 4.92. The van der Waals surface area contributed by atoms with Gasteiger partial charge in [-0.3, -0.25) is 4.79 Å². The molecular formula is C27H36N4O4S. The second-order valence-corrected chi connectivity index (χ2v) is 9.21. The first-order valence-corrected chi connectivity index (χ1v) is 12.3. The molecule has 0 spiro atoms. The number of ether oxygens (including phenoxy) is 3. The van der Waals surface area contributed by atoms with Crippen molar-refractivity contribution in [1.29, 1.82) is 0 Å². The molecule has 0 aliphatic carbocycles. The van der Waals surface area contributed by atoms with Gasteiger partial charge in [0, 0.05) is 29.6 Å². The number of benzene rings is 2. The molecular weight excluding hydrogens is 476 g/mol. The third kappa shape index (κ3) is 7.35. The normalized spacial score (nSPS) is 10.9. The smallest absolute Gasteiger partial charge is 0.253 e. The Balaban J connectivity index is 1.72. The van der Waals surface area contributed by atoms with Crippen molar-refractivity contribution in [2.45, 2.75) is 19.4 Å². The van der Waals surface area contributed by atoms with E-state index in [1.807, 2.05) is 56.6 Å². The summed E-state index contributed by atoms with van der Waals surface area (Å²) >= 11 is 5.76. The van der Waals surface area contributed by atoms with Gasteiger partial charge in [0.25, 0.3) is 5.56 Å². The number of H-pyrrole nitrogens is 1. The average molecular weight is 513 g/mol. The largest absolute Gasteiger partial charge is 0.497 e. The number of aromatic amines is 1. The number of hydrogen-bond acceptors (Lipinski definition) is 6. The minimum absolute atomic E-state index is 0.113. The van der Waals surface area contributed by atoms with Crippen LogP contribution in [0.4, 0.5) is 0 Å². The first-order chi connectivity index (χ1) is 17.3. The van der Waals surface area contributed by atoms with E-state index in [0.717, 1.165) is 48.1 Å². The maximum Gasteiger partial charge on any atom is 0.253 e. The number of thiocarbonyl (C=S) groups is 1. The Kier molecular flexibility index (Phi) is 9.95. The van der Waals surface area contributed by atoms with Gasteiger partial charge in [-0.2, -0.15) is 0 Å². The molecule has 8 nitrogen and oxygen atoms in total. The lowest BCUT2D eigenvalue weighted by atomic mass is 10.1. The SMILES string of the molecule is COc1ccc2[nH]c(=O)c(CN(CCCN(C)C)C(=S)NCCc3ccc(OC)c(OC)c3)cc2c1. The zero-order valence-electron chi connectivity index (χ0n) is 21.7. The van der Waals surface area contributed by atoms with Crippen molar-refractivity contribution in [1.82, 2.24) is 20.1 Å². The second kappa shape index (κ2) is 13.1. The van der Waals surface area contributed by atoms with Gasteiger partial charge in [-0.15, -0.1) is 0 Å². The van der Waals surface area contributed by atoms with Crippen molar-refractivity contribution in [2.75, 3.05) is 55.1 Å². The summed E-state index contributed by atoms with van der Waals surface area (Å²) in [6.07, 6.45) is 1.69. The molecule has 0 aliphatic rings. The highest BCUT2D eigenvalue weighted by atomic mass is 32.1. The highest BCUT2D eigenvalue weighted by Crippen LogP contribution is 2.27. The molecule has 9 heteroatoms. The van der Waals surface area contributed by atoms with Crippen LogP contribution in [0.1, 0.15) is 17.5 Å². The fourth-order valence-corrected chi connectivity index (χ4v) is 4.23. The summed E-state index contributed by atoms with van der Waals surface area (Å²) in [4.78, 5) is 20.0. The van der Waals surface area contributed by atoms with Crippen LogP contribution in [0.15, 0.2) is 47.3 Å². The quantitative estimate of drug-likeness (QED) is 0.358. The Labute approximate surface area is 218 Å². The summed E-state index contributed by atoms with van der Waals surface area (Å²) in [5.41, 5.74) is 2.43. The molecule has 0 bridgehead atoms. The number of methoxy groups -OCH3 is 3. The summed E-state index contributed by atoms with van der Waals surface area (Å²) in [6.45, 7) is 2.73. The molecule has 36 heavy (non-hydrogen) atoms. The van der Waals surface area contributed by atoms with E-state index in [2.05, 4.69) is 20.1 Å². The van der Waals surface area contributed by atoms with Crippen molar-refractivity contribution in [3.63, 3.8) is 0 Å². The molecule has 2 aromatic carbocycles. The number of hydrogen-bond donors (Lipinski definition) is 2. The Morgan fingerprint density at radius 2 is 1.75 bits per heavy atom. The molecule has 0 amide bonds. The van der Waals surface area contributed by atoms with Gasteiger partial charge >= 0.3 is 0 Å². The van der Waals surface area contributed by atoms with Crippen LogP contribution in [0.5, 0.6) is 17.2 Å². The molecule has 3 rings (SSSR count). The topological polar surface area (TPSA) is 79.1 Å². The van der Waals surface area contributed by atoms with Gasteiger partial charge in [0.1, 0.15) is 5.75 Å². The number of nitrogens with one attached hydrogen (secondary N) is 2. The lowest BCUT2D eigenvalue weighted by Gasteiger charge is -2.26. The number of nitrogens with zero attached hydrogens (tertiary/aromatic N) is 2. The van der Waals surface area contributed by atoms with E-state index >= 15 is 0 Å². The van der Waals surface area contributed by atoms with Crippen molar-refractivity contribution in [3.8, 4) is 17.2 Å². The van der Waals surface area contributed by atoms with Crippen LogP contribution >= 0.6 is 12.2 Å². The molecule has 0 saturated carbocycles. The molecule has 0 aliphatic heterocycles. The Morgan fingerprint density at radius 1 is 0.972 bits per heavy atom. The molecule has 194 valence electrons. The summed E-state index contributed by atoms with van der Waals surface area (Å²) < 4.78 is 16.1. The molecule has 0 fully saturated rings. The highest BCUT2D eigenvalue weighted by molar-refractivity contribution is 7.80. The fourth-order valence-electron chi connectivity index (χ4n) is 3.97. The van der Waals surface area contributed by atoms with Gasteiger partial charge in [0.15, 0.2) is 16.6 Å². The molecule has 0 atom stereocenters.